The normalized spacial score (nSPS) is 18.8. The van der Waals surface area contributed by atoms with Gasteiger partial charge in [0.15, 0.2) is 9.84 Å². The zero-order valence-electron chi connectivity index (χ0n) is 16.3. The summed E-state index contributed by atoms with van der Waals surface area (Å²) in [6, 6.07) is 7.02. The number of likely N-dealkylation sites (tertiary alicyclic amines) is 1. The lowest BCUT2D eigenvalue weighted by Gasteiger charge is -2.33. The van der Waals surface area contributed by atoms with Crippen LogP contribution in [0.25, 0.3) is 0 Å². The van der Waals surface area contributed by atoms with E-state index in [1.807, 2.05) is 4.90 Å². The highest BCUT2D eigenvalue weighted by molar-refractivity contribution is 7.89. The number of benzene rings is 1. The van der Waals surface area contributed by atoms with Gasteiger partial charge in [0.2, 0.25) is 0 Å². The Labute approximate surface area is 166 Å². The maximum absolute atomic E-state index is 12.4. The molecule has 0 unspecified atom stereocenters. The quantitative estimate of drug-likeness (QED) is 0.781. The second-order valence-electron chi connectivity index (χ2n) is 7.93. The number of hydrogen-bond donors (Lipinski definition) is 2. The maximum Gasteiger partial charge on any atom is 0.317 e. The van der Waals surface area contributed by atoms with Gasteiger partial charge in [0.05, 0.1) is 5.75 Å². The molecule has 1 aliphatic heterocycles. The standard InChI is InChI=1S/C20H29N3O4S/c1-28(26,27)14-15-6-8-16(9-7-15)19(24)21-18-10-12-23(13-11-18)20(25)22-17-4-2-3-5-17/h6-9,17-18H,2-5,10-14H2,1H3,(H,21,24)(H,22,25). The van der Waals surface area contributed by atoms with Crippen LogP contribution in [0.2, 0.25) is 0 Å². The van der Waals surface area contributed by atoms with Crippen LogP contribution in [0.3, 0.4) is 0 Å². The minimum Gasteiger partial charge on any atom is -0.349 e. The summed E-state index contributed by atoms with van der Waals surface area (Å²) in [5, 5.41) is 6.13. The highest BCUT2D eigenvalue weighted by Gasteiger charge is 2.26. The maximum atomic E-state index is 12.4. The summed E-state index contributed by atoms with van der Waals surface area (Å²) in [7, 11) is -3.09. The average Bonchev–Trinajstić information content (AvgIpc) is 3.14. The van der Waals surface area contributed by atoms with E-state index in [9.17, 15) is 18.0 Å². The smallest absolute Gasteiger partial charge is 0.317 e. The molecule has 3 amide bonds. The molecule has 2 fully saturated rings. The number of rotatable bonds is 5. The molecule has 1 aromatic rings. The highest BCUT2D eigenvalue weighted by atomic mass is 32.2. The van der Waals surface area contributed by atoms with Crippen molar-refractivity contribution in [1.29, 1.82) is 0 Å². The van der Waals surface area contributed by atoms with Crippen molar-refractivity contribution in [2.45, 2.75) is 56.4 Å². The summed E-state index contributed by atoms with van der Waals surface area (Å²) in [6.07, 6.45) is 7.17. The second kappa shape index (κ2) is 8.94. The Kier molecular flexibility index (Phi) is 6.59. The fourth-order valence-electron chi connectivity index (χ4n) is 3.89. The molecule has 0 aromatic heterocycles. The van der Waals surface area contributed by atoms with Gasteiger partial charge < -0.3 is 15.5 Å². The van der Waals surface area contributed by atoms with Crippen LogP contribution in [0.5, 0.6) is 0 Å². The van der Waals surface area contributed by atoms with E-state index in [2.05, 4.69) is 10.6 Å². The van der Waals surface area contributed by atoms with Crippen molar-refractivity contribution >= 4 is 21.8 Å². The van der Waals surface area contributed by atoms with Gasteiger partial charge in [-0.1, -0.05) is 25.0 Å². The number of amides is 3. The van der Waals surface area contributed by atoms with Crippen LogP contribution in [-0.2, 0) is 15.6 Å². The Bertz CT molecular complexity index is 793. The van der Waals surface area contributed by atoms with Gasteiger partial charge in [-0.05, 0) is 43.4 Å². The lowest BCUT2D eigenvalue weighted by atomic mass is 10.0. The summed E-state index contributed by atoms with van der Waals surface area (Å²) >= 11 is 0. The SMILES string of the molecule is CS(=O)(=O)Cc1ccc(C(=O)NC2CCN(C(=O)NC3CCCC3)CC2)cc1. The van der Waals surface area contributed by atoms with Crippen LogP contribution < -0.4 is 10.6 Å². The van der Waals surface area contributed by atoms with Crippen LogP contribution in [-0.4, -0.2) is 56.7 Å². The Morgan fingerprint density at radius 3 is 2.11 bits per heavy atom. The molecule has 1 aliphatic carbocycles. The fraction of sp³-hybridized carbons (Fsp3) is 0.600. The Hall–Kier alpha value is -2.09. The van der Waals surface area contributed by atoms with E-state index in [1.54, 1.807) is 24.3 Å². The molecule has 0 atom stereocenters. The molecule has 1 heterocycles. The van der Waals surface area contributed by atoms with Crippen molar-refractivity contribution in [3.8, 4) is 0 Å². The Morgan fingerprint density at radius 1 is 0.964 bits per heavy atom. The number of urea groups is 1. The largest absolute Gasteiger partial charge is 0.349 e. The van der Waals surface area contributed by atoms with Gasteiger partial charge in [-0.15, -0.1) is 0 Å². The topological polar surface area (TPSA) is 95.6 Å². The van der Waals surface area contributed by atoms with Crippen LogP contribution in [0, 0.1) is 0 Å². The molecular weight excluding hydrogens is 378 g/mol. The molecule has 154 valence electrons. The first-order valence-corrected chi connectivity index (χ1v) is 12.0. The minimum absolute atomic E-state index is 0.0122. The molecule has 2 aliphatic rings. The van der Waals surface area contributed by atoms with Crippen molar-refractivity contribution in [2.75, 3.05) is 19.3 Å². The van der Waals surface area contributed by atoms with Crippen molar-refractivity contribution in [3.63, 3.8) is 0 Å². The van der Waals surface area contributed by atoms with Crippen molar-refractivity contribution < 1.29 is 18.0 Å². The molecule has 1 aromatic carbocycles. The van der Waals surface area contributed by atoms with E-state index in [-0.39, 0.29) is 23.7 Å². The molecule has 0 bridgehead atoms. The molecule has 2 N–H and O–H groups in total. The van der Waals surface area contributed by atoms with Crippen molar-refractivity contribution in [2.24, 2.45) is 0 Å². The molecule has 1 saturated heterocycles. The third-order valence-corrected chi connectivity index (χ3v) is 6.30. The Balaban J connectivity index is 1.45. The number of nitrogens with one attached hydrogen (secondary N) is 2. The number of nitrogens with zero attached hydrogens (tertiary/aromatic N) is 1. The van der Waals surface area contributed by atoms with Gasteiger partial charge in [0, 0.05) is 37.0 Å². The molecule has 1 saturated carbocycles. The van der Waals surface area contributed by atoms with Gasteiger partial charge in [-0.3, -0.25) is 4.79 Å². The number of carbonyl (C=O) groups is 2. The molecular formula is C20H29N3O4S. The first-order valence-electron chi connectivity index (χ1n) is 9.93. The van der Waals surface area contributed by atoms with Gasteiger partial charge in [0.25, 0.3) is 5.91 Å². The molecule has 8 heteroatoms. The summed E-state index contributed by atoms with van der Waals surface area (Å²) < 4.78 is 22.7. The summed E-state index contributed by atoms with van der Waals surface area (Å²) in [5.41, 5.74) is 1.18. The van der Waals surface area contributed by atoms with Crippen molar-refractivity contribution in [3.05, 3.63) is 35.4 Å². The van der Waals surface area contributed by atoms with Gasteiger partial charge in [-0.25, -0.2) is 13.2 Å². The summed E-state index contributed by atoms with van der Waals surface area (Å²) in [6.45, 7) is 1.27. The monoisotopic (exact) mass is 407 g/mol. The number of hydrogen-bond acceptors (Lipinski definition) is 4. The number of sulfone groups is 1. The third kappa shape index (κ3) is 5.95. The minimum atomic E-state index is -3.09. The molecule has 28 heavy (non-hydrogen) atoms. The first kappa shape index (κ1) is 20.6. The van der Waals surface area contributed by atoms with E-state index in [4.69, 9.17) is 0 Å². The van der Waals surface area contributed by atoms with E-state index >= 15 is 0 Å². The molecule has 3 rings (SSSR count). The second-order valence-corrected chi connectivity index (χ2v) is 10.1. The molecule has 0 radical (unpaired) electrons. The Morgan fingerprint density at radius 2 is 1.54 bits per heavy atom. The van der Waals surface area contributed by atoms with Gasteiger partial charge in [0.1, 0.15) is 0 Å². The van der Waals surface area contributed by atoms with Crippen LogP contribution in [0.4, 0.5) is 4.79 Å². The third-order valence-electron chi connectivity index (χ3n) is 5.45. The summed E-state index contributed by atoms with van der Waals surface area (Å²) in [4.78, 5) is 26.6. The first-order chi connectivity index (χ1) is 13.3. The molecule has 0 spiro atoms. The summed E-state index contributed by atoms with van der Waals surface area (Å²) in [5.74, 6) is -0.198. The van der Waals surface area contributed by atoms with Gasteiger partial charge >= 0.3 is 6.03 Å². The average molecular weight is 408 g/mol. The number of carbonyl (C=O) groups excluding carboxylic acids is 2. The van der Waals surface area contributed by atoms with Crippen molar-refractivity contribution in [1.82, 2.24) is 15.5 Å². The lowest BCUT2D eigenvalue weighted by Crippen LogP contribution is -2.51. The van der Waals surface area contributed by atoms with Gasteiger partial charge in [-0.2, -0.15) is 0 Å². The molecule has 7 nitrogen and oxygen atoms in total. The zero-order chi connectivity index (χ0) is 20.1. The fourth-order valence-corrected chi connectivity index (χ4v) is 4.68. The predicted octanol–water partition coefficient (Wildman–Crippen LogP) is 2.08. The van der Waals surface area contributed by atoms with Crippen LogP contribution in [0.1, 0.15) is 54.4 Å². The van der Waals surface area contributed by atoms with E-state index in [0.29, 0.717) is 30.3 Å². The van der Waals surface area contributed by atoms with Crippen LogP contribution >= 0.6 is 0 Å². The zero-order valence-corrected chi connectivity index (χ0v) is 17.1. The number of piperidine rings is 1. The predicted molar refractivity (Wildman–Crippen MR) is 108 cm³/mol. The van der Waals surface area contributed by atoms with E-state index < -0.39 is 9.84 Å². The van der Waals surface area contributed by atoms with Crippen LogP contribution in [0.15, 0.2) is 24.3 Å². The lowest BCUT2D eigenvalue weighted by molar-refractivity contribution is 0.0917. The highest BCUT2D eigenvalue weighted by Crippen LogP contribution is 2.19. The van der Waals surface area contributed by atoms with E-state index in [0.717, 1.165) is 25.7 Å². The van der Waals surface area contributed by atoms with E-state index in [1.165, 1.54) is 19.1 Å².